The average molecular weight is 315 g/mol. The Morgan fingerprint density at radius 1 is 1.29 bits per heavy atom. The maximum Gasteiger partial charge on any atom is 0.243 e. The number of anilines is 2. The number of nitrogens with zero attached hydrogens (tertiary/aromatic N) is 4. The van der Waals surface area contributed by atoms with E-state index in [0.29, 0.717) is 25.0 Å². The van der Waals surface area contributed by atoms with E-state index >= 15 is 0 Å². The van der Waals surface area contributed by atoms with Crippen LogP contribution in [0, 0.1) is 0 Å². The van der Waals surface area contributed by atoms with Gasteiger partial charge in [0.25, 0.3) is 0 Å². The molecule has 1 aliphatic rings. The van der Waals surface area contributed by atoms with Gasteiger partial charge in [0.2, 0.25) is 23.1 Å². The van der Waals surface area contributed by atoms with E-state index in [1.807, 2.05) is 0 Å². The molecule has 1 fully saturated rings. The molecule has 1 amide bonds. The zero-order chi connectivity index (χ0) is 15.1. The van der Waals surface area contributed by atoms with Crippen molar-refractivity contribution in [1.29, 1.82) is 0 Å². The lowest BCUT2D eigenvalue weighted by Gasteiger charge is -2.26. The van der Waals surface area contributed by atoms with Crippen molar-refractivity contribution in [2.45, 2.75) is 19.3 Å². The molecule has 0 atom stereocenters. The molecule has 1 aromatic heterocycles. The average Bonchev–Trinajstić information content (AvgIpc) is 2.47. The topological polar surface area (TPSA) is 106 Å². The minimum absolute atomic E-state index is 0.0985. The third-order valence-electron chi connectivity index (χ3n) is 3.01. The second-order valence-electron chi connectivity index (χ2n) is 4.72. The molecule has 0 spiro atoms. The Bertz CT molecular complexity index is 481. The van der Waals surface area contributed by atoms with Crippen LogP contribution in [0.15, 0.2) is 0 Å². The van der Waals surface area contributed by atoms with Crippen LogP contribution in [-0.4, -0.2) is 53.7 Å². The number of ether oxygens (including phenoxy) is 1. The fourth-order valence-electron chi connectivity index (χ4n) is 2.06. The van der Waals surface area contributed by atoms with Gasteiger partial charge >= 0.3 is 0 Å². The number of nitrogens with one attached hydrogen (secondary N) is 1. The molecular formula is C12H19ClN6O2. The van der Waals surface area contributed by atoms with E-state index in [2.05, 4.69) is 25.2 Å². The second kappa shape index (κ2) is 7.94. The van der Waals surface area contributed by atoms with Crippen LogP contribution in [0.3, 0.4) is 0 Å². The molecule has 116 valence electrons. The monoisotopic (exact) mass is 314 g/mol. The largest absolute Gasteiger partial charge is 0.370 e. The number of piperidine rings is 1. The Labute approximate surface area is 128 Å². The number of carbonyl (C=O) groups excluding carboxylic acids is 1. The maximum atomic E-state index is 10.5. The summed E-state index contributed by atoms with van der Waals surface area (Å²) in [5, 5.41) is 3.15. The molecule has 8 nitrogen and oxygen atoms in total. The summed E-state index contributed by atoms with van der Waals surface area (Å²) in [6.07, 6.45) is 3.50. The predicted octanol–water partition coefficient (Wildman–Crippen LogP) is 0.429. The Balaban J connectivity index is 1.87. The van der Waals surface area contributed by atoms with Gasteiger partial charge in [0.15, 0.2) is 0 Å². The van der Waals surface area contributed by atoms with Gasteiger partial charge in [-0.3, -0.25) is 4.79 Å². The molecule has 0 aliphatic carbocycles. The van der Waals surface area contributed by atoms with Crippen molar-refractivity contribution in [2.24, 2.45) is 5.73 Å². The third-order valence-corrected chi connectivity index (χ3v) is 3.18. The van der Waals surface area contributed by atoms with Gasteiger partial charge in [-0.05, 0) is 30.9 Å². The summed E-state index contributed by atoms with van der Waals surface area (Å²) in [7, 11) is 0. The molecule has 2 rings (SSSR count). The van der Waals surface area contributed by atoms with Crippen LogP contribution in [0.4, 0.5) is 11.9 Å². The van der Waals surface area contributed by atoms with Gasteiger partial charge < -0.3 is 20.7 Å². The Morgan fingerprint density at radius 2 is 2.05 bits per heavy atom. The number of hydrogen-bond donors (Lipinski definition) is 2. The Morgan fingerprint density at radius 3 is 2.76 bits per heavy atom. The number of carbonyl (C=O) groups is 1. The van der Waals surface area contributed by atoms with Crippen LogP contribution in [0.2, 0.25) is 5.28 Å². The van der Waals surface area contributed by atoms with Gasteiger partial charge in [-0.2, -0.15) is 15.0 Å². The van der Waals surface area contributed by atoms with Gasteiger partial charge in [-0.25, -0.2) is 0 Å². The normalized spacial score (nSPS) is 15.0. The summed E-state index contributed by atoms with van der Waals surface area (Å²) < 4.78 is 5.04. The highest BCUT2D eigenvalue weighted by Gasteiger charge is 2.15. The molecule has 0 aromatic carbocycles. The third kappa shape index (κ3) is 5.31. The van der Waals surface area contributed by atoms with Gasteiger partial charge in [-0.15, -0.1) is 0 Å². The maximum absolute atomic E-state index is 10.5. The number of aromatic nitrogens is 3. The first-order chi connectivity index (χ1) is 10.1. The first-order valence-electron chi connectivity index (χ1n) is 6.91. The standard InChI is InChI=1S/C12H19ClN6O2/c13-10-16-11(15-4-7-21-8-9(14)20)18-12(17-10)19-5-2-1-3-6-19/h1-8H2,(H2,14,20)(H,15,16,17,18). The number of rotatable bonds is 7. The minimum Gasteiger partial charge on any atom is -0.370 e. The Hall–Kier alpha value is -1.67. The highest BCUT2D eigenvalue weighted by molar-refractivity contribution is 6.28. The Kier molecular flexibility index (Phi) is 5.94. The van der Waals surface area contributed by atoms with Crippen LogP contribution >= 0.6 is 11.6 Å². The van der Waals surface area contributed by atoms with Gasteiger partial charge in [0.05, 0.1) is 6.61 Å². The lowest BCUT2D eigenvalue weighted by Crippen LogP contribution is -2.31. The van der Waals surface area contributed by atoms with Crippen molar-refractivity contribution in [2.75, 3.05) is 43.1 Å². The molecule has 3 N–H and O–H groups in total. The van der Waals surface area contributed by atoms with Crippen molar-refractivity contribution in [1.82, 2.24) is 15.0 Å². The SMILES string of the molecule is NC(=O)COCCNc1nc(Cl)nc(N2CCCCC2)n1. The zero-order valence-corrected chi connectivity index (χ0v) is 12.5. The second-order valence-corrected chi connectivity index (χ2v) is 5.06. The summed E-state index contributed by atoms with van der Waals surface area (Å²) >= 11 is 5.93. The number of amides is 1. The van der Waals surface area contributed by atoms with Crippen molar-refractivity contribution < 1.29 is 9.53 Å². The van der Waals surface area contributed by atoms with Gasteiger partial charge in [-0.1, -0.05) is 0 Å². The minimum atomic E-state index is -0.495. The van der Waals surface area contributed by atoms with Crippen LogP contribution in [0.1, 0.15) is 19.3 Å². The van der Waals surface area contributed by atoms with Crippen LogP contribution < -0.4 is 16.0 Å². The van der Waals surface area contributed by atoms with Crippen molar-refractivity contribution in [3.8, 4) is 0 Å². The number of halogens is 1. The fraction of sp³-hybridized carbons (Fsp3) is 0.667. The number of nitrogens with two attached hydrogens (primary N) is 1. The van der Waals surface area contributed by atoms with Crippen LogP contribution in [0.5, 0.6) is 0 Å². The smallest absolute Gasteiger partial charge is 0.243 e. The van der Waals surface area contributed by atoms with E-state index in [-0.39, 0.29) is 11.9 Å². The molecule has 0 radical (unpaired) electrons. The molecule has 0 saturated carbocycles. The molecule has 1 aliphatic heterocycles. The molecule has 9 heteroatoms. The van der Waals surface area contributed by atoms with Gasteiger partial charge in [0.1, 0.15) is 6.61 Å². The number of hydrogen-bond acceptors (Lipinski definition) is 7. The zero-order valence-electron chi connectivity index (χ0n) is 11.7. The fourth-order valence-corrected chi connectivity index (χ4v) is 2.22. The highest BCUT2D eigenvalue weighted by atomic mass is 35.5. The van der Waals surface area contributed by atoms with Crippen molar-refractivity contribution in [3.63, 3.8) is 0 Å². The van der Waals surface area contributed by atoms with Crippen LogP contribution in [0.25, 0.3) is 0 Å². The van der Waals surface area contributed by atoms with E-state index in [9.17, 15) is 4.79 Å². The lowest BCUT2D eigenvalue weighted by atomic mass is 10.1. The first kappa shape index (κ1) is 15.7. The predicted molar refractivity (Wildman–Crippen MR) is 79.4 cm³/mol. The summed E-state index contributed by atoms with van der Waals surface area (Å²) in [5.41, 5.74) is 4.97. The van der Waals surface area contributed by atoms with Crippen LogP contribution in [-0.2, 0) is 9.53 Å². The first-order valence-corrected chi connectivity index (χ1v) is 7.29. The summed E-state index contributed by atoms with van der Waals surface area (Å²) in [6, 6.07) is 0. The molecule has 0 bridgehead atoms. The molecular weight excluding hydrogens is 296 g/mol. The van der Waals surface area contributed by atoms with E-state index in [4.69, 9.17) is 22.1 Å². The van der Waals surface area contributed by atoms with Crippen molar-refractivity contribution >= 4 is 29.4 Å². The van der Waals surface area contributed by atoms with E-state index in [1.165, 1.54) is 6.42 Å². The molecule has 2 heterocycles. The molecule has 1 aromatic rings. The molecule has 1 saturated heterocycles. The van der Waals surface area contributed by atoms with Crippen molar-refractivity contribution in [3.05, 3.63) is 5.28 Å². The summed E-state index contributed by atoms with van der Waals surface area (Å²) in [5.74, 6) is 0.499. The van der Waals surface area contributed by atoms with E-state index in [1.54, 1.807) is 0 Å². The quantitative estimate of drug-likeness (QED) is 0.703. The lowest BCUT2D eigenvalue weighted by molar-refractivity contribution is -0.122. The summed E-state index contributed by atoms with van der Waals surface area (Å²) in [6.45, 7) is 2.54. The van der Waals surface area contributed by atoms with E-state index < -0.39 is 5.91 Å². The highest BCUT2D eigenvalue weighted by Crippen LogP contribution is 2.18. The van der Waals surface area contributed by atoms with E-state index in [0.717, 1.165) is 25.9 Å². The molecule has 21 heavy (non-hydrogen) atoms. The summed E-state index contributed by atoms with van der Waals surface area (Å²) in [4.78, 5) is 25.2. The molecule has 0 unspecified atom stereocenters. The number of primary amides is 1. The van der Waals surface area contributed by atoms with Gasteiger partial charge in [0, 0.05) is 19.6 Å².